The molecule has 4 rings (SSSR count). The van der Waals surface area contributed by atoms with Crippen LogP contribution in [-0.2, 0) is 4.79 Å². The maximum Gasteiger partial charge on any atom is 0.232 e. The van der Waals surface area contributed by atoms with E-state index in [1.807, 2.05) is 60.7 Å². The van der Waals surface area contributed by atoms with Gasteiger partial charge in [-0.25, -0.2) is 9.97 Å². The average Bonchev–Trinajstić information content (AvgIpc) is 2.84. The summed E-state index contributed by atoms with van der Waals surface area (Å²) < 4.78 is 0. The highest BCUT2D eigenvalue weighted by atomic mass is 16.1. The van der Waals surface area contributed by atoms with Gasteiger partial charge in [-0.2, -0.15) is 5.26 Å². The molecule has 1 aliphatic rings. The zero-order chi connectivity index (χ0) is 21.5. The Balaban J connectivity index is 1.37. The molecule has 0 bridgehead atoms. The number of rotatable bonds is 6. The fraction of sp³-hybridized carbons (Fsp3) is 0.280. The fourth-order valence-corrected chi connectivity index (χ4v) is 4.12. The number of hydrogen-bond acceptors (Lipinski definition) is 5. The summed E-state index contributed by atoms with van der Waals surface area (Å²) in [7, 11) is 0. The second kappa shape index (κ2) is 9.86. The van der Waals surface area contributed by atoms with Gasteiger partial charge in [-0.3, -0.25) is 4.79 Å². The van der Waals surface area contributed by atoms with Crippen LogP contribution in [0.5, 0.6) is 0 Å². The molecule has 3 aromatic rings. The maximum atomic E-state index is 13.2. The number of aromatic nitrogens is 2. The first kappa shape index (κ1) is 20.5. The standard InChI is InChI=1S/C25H25N5O/c26-17-22-24(28-14-13-27-22)30-15-11-19(12-16-30)18-29-25(31)23(20-7-3-1-4-8-20)21-9-5-2-6-10-21/h1-10,13-14,19,23H,11-12,15-16,18H2,(H,29,31). The topological polar surface area (TPSA) is 81.9 Å². The van der Waals surface area contributed by atoms with Crippen LogP contribution in [0.15, 0.2) is 73.1 Å². The van der Waals surface area contributed by atoms with Crippen molar-refractivity contribution in [3.8, 4) is 6.07 Å². The van der Waals surface area contributed by atoms with Crippen LogP contribution < -0.4 is 10.2 Å². The molecule has 31 heavy (non-hydrogen) atoms. The van der Waals surface area contributed by atoms with E-state index in [2.05, 4.69) is 26.3 Å². The zero-order valence-electron chi connectivity index (χ0n) is 17.3. The van der Waals surface area contributed by atoms with E-state index < -0.39 is 0 Å². The van der Waals surface area contributed by atoms with Crippen molar-refractivity contribution >= 4 is 11.7 Å². The van der Waals surface area contributed by atoms with Gasteiger partial charge >= 0.3 is 0 Å². The van der Waals surface area contributed by atoms with E-state index in [0.29, 0.717) is 24.0 Å². The molecule has 1 amide bonds. The molecule has 0 atom stereocenters. The summed E-state index contributed by atoms with van der Waals surface area (Å²) in [4.78, 5) is 23.7. The van der Waals surface area contributed by atoms with Crippen molar-refractivity contribution in [3.63, 3.8) is 0 Å². The lowest BCUT2D eigenvalue weighted by Crippen LogP contribution is -2.40. The third kappa shape index (κ3) is 4.89. The van der Waals surface area contributed by atoms with E-state index in [1.54, 1.807) is 12.4 Å². The van der Waals surface area contributed by atoms with Crippen molar-refractivity contribution in [2.75, 3.05) is 24.5 Å². The normalized spacial score (nSPS) is 14.3. The summed E-state index contributed by atoms with van der Waals surface area (Å²) in [5.74, 6) is 0.760. The van der Waals surface area contributed by atoms with Crippen molar-refractivity contribution in [1.82, 2.24) is 15.3 Å². The van der Waals surface area contributed by atoms with Crippen LogP contribution in [0.4, 0.5) is 5.82 Å². The van der Waals surface area contributed by atoms with Gasteiger partial charge in [0.05, 0.1) is 5.92 Å². The molecule has 6 heteroatoms. The highest BCUT2D eigenvalue weighted by molar-refractivity contribution is 5.87. The Bertz CT molecular complexity index is 1000. The van der Waals surface area contributed by atoms with Gasteiger partial charge < -0.3 is 10.2 Å². The number of anilines is 1. The molecule has 156 valence electrons. The lowest BCUT2D eigenvalue weighted by Gasteiger charge is -2.33. The van der Waals surface area contributed by atoms with Crippen LogP contribution in [0.25, 0.3) is 0 Å². The van der Waals surface area contributed by atoms with E-state index >= 15 is 0 Å². The third-order valence-corrected chi connectivity index (χ3v) is 5.79. The van der Waals surface area contributed by atoms with Crippen LogP contribution in [0, 0.1) is 17.2 Å². The summed E-state index contributed by atoms with van der Waals surface area (Å²) in [6.07, 6.45) is 5.03. The van der Waals surface area contributed by atoms with Crippen molar-refractivity contribution in [2.24, 2.45) is 5.92 Å². The molecule has 0 spiro atoms. The molecule has 1 aromatic heterocycles. The minimum Gasteiger partial charge on any atom is -0.355 e. The number of nitrogens with one attached hydrogen (secondary N) is 1. The molecule has 1 N–H and O–H groups in total. The van der Waals surface area contributed by atoms with E-state index in [0.717, 1.165) is 37.1 Å². The quantitative estimate of drug-likeness (QED) is 0.671. The van der Waals surface area contributed by atoms with E-state index in [-0.39, 0.29) is 11.8 Å². The minimum absolute atomic E-state index is 0.0283. The van der Waals surface area contributed by atoms with Crippen LogP contribution in [0.3, 0.4) is 0 Å². The van der Waals surface area contributed by atoms with Crippen molar-refractivity contribution in [1.29, 1.82) is 5.26 Å². The number of hydrogen-bond donors (Lipinski definition) is 1. The summed E-state index contributed by atoms with van der Waals surface area (Å²) in [6.45, 7) is 2.25. The smallest absolute Gasteiger partial charge is 0.232 e. The van der Waals surface area contributed by atoms with Crippen LogP contribution in [0.2, 0.25) is 0 Å². The number of nitrogens with zero attached hydrogens (tertiary/aromatic N) is 4. The Labute approximate surface area is 182 Å². The van der Waals surface area contributed by atoms with Gasteiger partial charge in [0, 0.05) is 32.0 Å². The maximum absolute atomic E-state index is 13.2. The molecule has 0 saturated carbocycles. The van der Waals surface area contributed by atoms with E-state index in [9.17, 15) is 10.1 Å². The molecule has 2 heterocycles. The lowest BCUT2D eigenvalue weighted by molar-refractivity contribution is -0.121. The first-order valence-electron chi connectivity index (χ1n) is 10.6. The summed E-state index contributed by atoms with van der Waals surface area (Å²) in [5.41, 5.74) is 2.35. The van der Waals surface area contributed by atoms with Gasteiger partial charge in [0.1, 0.15) is 6.07 Å². The third-order valence-electron chi connectivity index (χ3n) is 5.79. The lowest BCUT2D eigenvalue weighted by atomic mass is 9.90. The Hall–Kier alpha value is -3.72. The number of nitriles is 1. The summed E-state index contributed by atoms with van der Waals surface area (Å²) in [5, 5.41) is 12.4. The van der Waals surface area contributed by atoms with Gasteiger partial charge in [0.15, 0.2) is 11.5 Å². The molecular formula is C25H25N5O. The first-order chi connectivity index (χ1) is 15.3. The predicted molar refractivity (Wildman–Crippen MR) is 119 cm³/mol. The number of piperidine rings is 1. The molecular weight excluding hydrogens is 386 g/mol. The molecule has 0 unspecified atom stereocenters. The van der Waals surface area contributed by atoms with Gasteiger partial charge in [-0.1, -0.05) is 60.7 Å². The monoisotopic (exact) mass is 411 g/mol. The van der Waals surface area contributed by atoms with Crippen LogP contribution >= 0.6 is 0 Å². The fourth-order valence-electron chi connectivity index (χ4n) is 4.12. The average molecular weight is 412 g/mol. The zero-order valence-corrected chi connectivity index (χ0v) is 17.3. The van der Waals surface area contributed by atoms with E-state index in [4.69, 9.17) is 0 Å². The Morgan fingerprint density at radius 1 is 1.00 bits per heavy atom. The van der Waals surface area contributed by atoms with Gasteiger partial charge in [-0.05, 0) is 29.9 Å². The SMILES string of the molecule is N#Cc1nccnc1N1CCC(CNC(=O)C(c2ccccc2)c2ccccc2)CC1. The molecule has 1 saturated heterocycles. The van der Waals surface area contributed by atoms with Gasteiger partial charge in [-0.15, -0.1) is 0 Å². The van der Waals surface area contributed by atoms with Crippen LogP contribution in [0.1, 0.15) is 35.6 Å². The second-order valence-electron chi connectivity index (χ2n) is 7.77. The minimum atomic E-state index is -0.319. The Morgan fingerprint density at radius 3 is 2.16 bits per heavy atom. The largest absolute Gasteiger partial charge is 0.355 e. The van der Waals surface area contributed by atoms with Gasteiger partial charge in [0.2, 0.25) is 5.91 Å². The molecule has 1 aliphatic heterocycles. The second-order valence-corrected chi connectivity index (χ2v) is 7.77. The number of benzene rings is 2. The molecule has 1 fully saturated rings. The number of amides is 1. The molecule has 6 nitrogen and oxygen atoms in total. The predicted octanol–water partition coefficient (Wildman–Crippen LogP) is 3.51. The number of carbonyl (C=O) groups is 1. The van der Waals surface area contributed by atoms with Crippen LogP contribution in [-0.4, -0.2) is 35.5 Å². The molecule has 2 aromatic carbocycles. The van der Waals surface area contributed by atoms with E-state index in [1.165, 1.54) is 0 Å². The molecule has 0 aliphatic carbocycles. The molecule has 0 radical (unpaired) electrons. The number of carbonyl (C=O) groups excluding carboxylic acids is 1. The van der Waals surface area contributed by atoms with Crippen molar-refractivity contribution in [3.05, 3.63) is 89.9 Å². The Kier molecular flexibility index (Phi) is 6.53. The highest BCUT2D eigenvalue weighted by Crippen LogP contribution is 2.26. The highest BCUT2D eigenvalue weighted by Gasteiger charge is 2.26. The summed E-state index contributed by atoms with van der Waals surface area (Å²) >= 11 is 0. The van der Waals surface area contributed by atoms with Crippen molar-refractivity contribution < 1.29 is 4.79 Å². The first-order valence-corrected chi connectivity index (χ1v) is 10.6. The Morgan fingerprint density at radius 2 is 1.58 bits per heavy atom. The van der Waals surface area contributed by atoms with Gasteiger partial charge in [0.25, 0.3) is 0 Å². The summed E-state index contributed by atoms with van der Waals surface area (Å²) in [6, 6.07) is 21.9. The van der Waals surface area contributed by atoms with Crippen molar-refractivity contribution in [2.45, 2.75) is 18.8 Å².